The summed E-state index contributed by atoms with van der Waals surface area (Å²) in [4.78, 5) is 22.7. The van der Waals surface area contributed by atoms with Gasteiger partial charge in [0.2, 0.25) is 0 Å². The van der Waals surface area contributed by atoms with Gasteiger partial charge in [-0.3, -0.25) is 14.9 Å². The van der Waals surface area contributed by atoms with Gasteiger partial charge in [-0.1, -0.05) is 0 Å². The number of carbonyl (C=O) groups excluding carboxylic acids is 1. The number of amides is 1. The van der Waals surface area contributed by atoms with Crippen LogP contribution in [0.25, 0.3) is 0 Å². The van der Waals surface area contributed by atoms with Gasteiger partial charge in [-0.2, -0.15) is 0 Å². The van der Waals surface area contributed by atoms with Crippen molar-refractivity contribution in [3.05, 3.63) is 33.9 Å². The second-order valence-corrected chi connectivity index (χ2v) is 4.55. The Balaban J connectivity index is 2.23. The first-order chi connectivity index (χ1) is 9.61. The van der Waals surface area contributed by atoms with Crippen LogP contribution in [0.15, 0.2) is 18.2 Å². The van der Waals surface area contributed by atoms with Gasteiger partial charge in [0.15, 0.2) is 0 Å². The SMILES string of the molecule is CCNc1ccc([N+](=O)[O-])c(C(=O)NC2CCOC2)c1. The Morgan fingerprint density at radius 2 is 2.35 bits per heavy atom. The number of hydrogen-bond acceptors (Lipinski definition) is 5. The quantitative estimate of drug-likeness (QED) is 0.630. The van der Waals surface area contributed by atoms with Crippen LogP contribution in [-0.2, 0) is 4.74 Å². The summed E-state index contributed by atoms with van der Waals surface area (Å²) in [6.07, 6.45) is 0.729. The first-order valence-corrected chi connectivity index (χ1v) is 6.52. The van der Waals surface area contributed by atoms with E-state index in [1.54, 1.807) is 6.07 Å². The third kappa shape index (κ3) is 3.24. The van der Waals surface area contributed by atoms with E-state index in [0.29, 0.717) is 25.4 Å². The summed E-state index contributed by atoms with van der Waals surface area (Å²) in [6.45, 7) is 3.64. The van der Waals surface area contributed by atoms with E-state index in [-0.39, 0.29) is 17.3 Å². The van der Waals surface area contributed by atoms with Crippen molar-refractivity contribution in [2.24, 2.45) is 0 Å². The van der Waals surface area contributed by atoms with Crippen LogP contribution in [0.2, 0.25) is 0 Å². The third-order valence-corrected chi connectivity index (χ3v) is 3.08. The molecule has 1 heterocycles. The summed E-state index contributed by atoms with van der Waals surface area (Å²) in [5, 5.41) is 16.8. The smallest absolute Gasteiger partial charge is 0.282 e. The monoisotopic (exact) mass is 279 g/mol. The molecule has 0 aliphatic carbocycles. The Morgan fingerprint density at radius 1 is 1.55 bits per heavy atom. The Morgan fingerprint density at radius 3 is 2.95 bits per heavy atom. The molecule has 2 N–H and O–H groups in total. The standard InChI is InChI=1S/C13H17N3O4/c1-2-14-9-3-4-12(16(18)19)11(7-9)13(17)15-10-5-6-20-8-10/h3-4,7,10,14H,2,5-6,8H2,1H3,(H,15,17). The van der Waals surface area contributed by atoms with Crippen LogP contribution in [0.4, 0.5) is 11.4 Å². The van der Waals surface area contributed by atoms with Gasteiger partial charge < -0.3 is 15.4 Å². The predicted molar refractivity (Wildman–Crippen MR) is 74.0 cm³/mol. The van der Waals surface area contributed by atoms with Crippen LogP contribution in [0.3, 0.4) is 0 Å². The van der Waals surface area contributed by atoms with Crippen LogP contribution < -0.4 is 10.6 Å². The van der Waals surface area contributed by atoms with Crippen molar-refractivity contribution in [2.75, 3.05) is 25.1 Å². The van der Waals surface area contributed by atoms with Gasteiger partial charge in [0, 0.05) is 24.9 Å². The number of benzene rings is 1. The lowest BCUT2D eigenvalue weighted by atomic mass is 10.1. The van der Waals surface area contributed by atoms with Crippen molar-refractivity contribution < 1.29 is 14.5 Å². The maximum Gasteiger partial charge on any atom is 0.282 e. The van der Waals surface area contributed by atoms with Crippen molar-refractivity contribution in [3.63, 3.8) is 0 Å². The molecule has 7 heteroatoms. The molecule has 1 aromatic rings. The maximum absolute atomic E-state index is 12.2. The zero-order valence-corrected chi connectivity index (χ0v) is 11.2. The first-order valence-electron chi connectivity index (χ1n) is 6.52. The summed E-state index contributed by atoms with van der Waals surface area (Å²) >= 11 is 0. The van der Waals surface area contributed by atoms with Crippen LogP contribution in [0.1, 0.15) is 23.7 Å². The molecule has 1 unspecified atom stereocenters. The molecule has 0 bridgehead atoms. The largest absolute Gasteiger partial charge is 0.385 e. The van der Waals surface area contributed by atoms with E-state index in [0.717, 1.165) is 6.42 Å². The third-order valence-electron chi connectivity index (χ3n) is 3.08. The van der Waals surface area contributed by atoms with E-state index < -0.39 is 10.8 Å². The number of anilines is 1. The highest BCUT2D eigenvalue weighted by Crippen LogP contribution is 2.23. The average Bonchev–Trinajstić information content (AvgIpc) is 2.91. The van der Waals surface area contributed by atoms with Gasteiger partial charge >= 0.3 is 0 Å². The molecule has 0 spiro atoms. The number of nitrogens with zero attached hydrogens (tertiary/aromatic N) is 1. The van der Waals surface area contributed by atoms with Crippen molar-refractivity contribution in [1.29, 1.82) is 0 Å². The molecule has 0 aromatic heterocycles. The zero-order chi connectivity index (χ0) is 14.5. The fraction of sp³-hybridized carbons (Fsp3) is 0.462. The van der Waals surface area contributed by atoms with E-state index in [2.05, 4.69) is 10.6 Å². The molecular weight excluding hydrogens is 262 g/mol. The fourth-order valence-corrected chi connectivity index (χ4v) is 2.10. The molecule has 1 amide bonds. The molecule has 108 valence electrons. The Hall–Kier alpha value is -2.15. The van der Waals surface area contributed by atoms with Crippen LogP contribution in [0.5, 0.6) is 0 Å². The Kier molecular flexibility index (Phi) is 4.52. The topological polar surface area (TPSA) is 93.5 Å². The van der Waals surface area contributed by atoms with Gasteiger partial charge in [0.1, 0.15) is 5.56 Å². The number of rotatable bonds is 5. The molecule has 1 saturated heterocycles. The van der Waals surface area contributed by atoms with Gasteiger partial charge in [0.25, 0.3) is 11.6 Å². The Bertz CT molecular complexity index is 512. The van der Waals surface area contributed by atoms with E-state index >= 15 is 0 Å². The fourth-order valence-electron chi connectivity index (χ4n) is 2.10. The van der Waals surface area contributed by atoms with Crippen molar-refractivity contribution >= 4 is 17.3 Å². The van der Waals surface area contributed by atoms with Crippen molar-refractivity contribution in [3.8, 4) is 0 Å². The molecule has 1 aromatic carbocycles. The highest BCUT2D eigenvalue weighted by molar-refractivity contribution is 5.99. The van der Waals surface area contributed by atoms with Crippen molar-refractivity contribution in [2.45, 2.75) is 19.4 Å². The van der Waals surface area contributed by atoms with Gasteiger partial charge in [0.05, 0.1) is 17.6 Å². The number of nitrogens with one attached hydrogen (secondary N) is 2. The first kappa shape index (κ1) is 14.3. The molecule has 1 atom stereocenters. The summed E-state index contributed by atoms with van der Waals surface area (Å²) in [5.41, 5.74) is 0.564. The minimum atomic E-state index is -0.546. The lowest BCUT2D eigenvalue weighted by Gasteiger charge is -2.12. The molecule has 2 rings (SSSR count). The molecule has 0 saturated carbocycles. The lowest BCUT2D eigenvalue weighted by Crippen LogP contribution is -2.35. The minimum absolute atomic E-state index is 0.0698. The highest BCUT2D eigenvalue weighted by atomic mass is 16.6. The highest BCUT2D eigenvalue weighted by Gasteiger charge is 2.24. The molecule has 1 fully saturated rings. The lowest BCUT2D eigenvalue weighted by molar-refractivity contribution is -0.385. The summed E-state index contributed by atoms with van der Waals surface area (Å²) in [6, 6.07) is 4.37. The predicted octanol–water partition coefficient (Wildman–Crippen LogP) is 1.55. The van der Waals surface area contributed by atoms with E-state index in [9.17, 15) is 14.9 Å². The molecule has 0 radical (unpaired) electrons. The molecule has 7 nitrogen and oxygen atoms in total. The zero-order valence-electron chi connectivity index (χ0n) is 11.2. The summed E-state index contributed by atoms with van der Waals surface area (Å²) in [5.74, 6) is -0.438. The minimum Gasteiger partial charge on any atom is -0.385 e. The van der Waals surface area contributed by atoms with Crippen LogP contribution >= 0.6 is 0 Å². The summed E-state index contributed by atoms with van der Waals surface area (Å²) < 4.78 is 5.17. The number of hydrogen-bond donors (Lipinski definition) is 2. The van der Waals surface area contributed by atoms with E-state index in [4.69, 9.17) is 4.74 Å². The van der Waals surface area contributed by atoms with E-state index in [1.165, 1.54) is 12.1 Å². The average molecular weight is 279 g/mol. The second-order valence-electron chi connectivity index (χ2n) is 4.55. The molecule has 1 aliphatic rings. The number of carbonyl (C=O) groups is 1. The number of nitro benzene ring substituents is 1. The van der Waals surface area contributed by atoms with Crippen molar-refractivity contribution in [1.82, 2.24) is 5.32 Å². The second kappa shape index (κ2) is 6.33. The van der Waals surface area contributed by atoms with Crippen LogP contribution in [0, 0.1) is 10.1 Å². The molecule has 20 heavy (non-hydrogen) atoms. The molecule has 1 aliphatic heterocycles. The van der Waals surface area contributed by atoms with E-state index in [1.807, 2.05) is 6.92 Å². The normalized spacial score (nSPS) is 17.8. The summed E-state index contributed by atoms with van der Waals surface area (Å²) in [7, 11) is 0. The number of nitro groups is 1. The van der Waals surface area contributed by atoms with Crippen LogP contribution in [-0.4, -0.2) is 36.6 Å². The Labute approximate surface area is 116 Å². The van der Waals surface area contributed by atoms with Gasteiger partial charge in [-0.05, 0) is 25.5 Å². The molecular formula is C13H17N3O4. The van der Waals surface area contributed by atoms with Gasteiger partial charge in [-0.15, -0.1) is 0 Å². The number of ether oxygens (including phenoxy) is 1. The van der Waals surface area contributed by atoms with Gasteiger partial charge in [-0.25, -0.2) is 0 Å². The maximum atomic E-state index is 12.2.